The molecule has 0 saturated carbocycles. The minimum absolute atomic E-state index is 0.0180. The number of H-pyrrole nitrogens is 1. The Morgan fingerprint density at radius 3 is 2.50 bits per heavy atom. The molecule has 1 fully saturated rings. The highest BCUT2D eigenvalue weighted by atomic mass is 32.2. The molecule has 0 amide bonds. The maximum Gasteiger partial charge on any atom is 0.211 e. The number of hydrogen-bond acceptors (Lipinski definition) is 5. The van der Waals surface area contributed by atoms with Gasteiger partial charge in [0.2, 0.25) is 10.0 Å². The van der Waals surface area contributed by atoms with Gasteiger partial charge in [-0.05, 0) is 42.8 Å². The largest absolute Gasteiger partial charge is 0.497 e. The molecule has 1 aliphatic rings. The van der Waals surface area contributed by atoms with Crippen LogP contribution in [-0.2, 0) is 16.4 Å². The lowest BCUT2D eigenvalue weighted by Gasteiger charge is -2.38. The molecule has 0 spiro atoms. The number of methoxy groups -OCH3 is 1. The zero-order valence-electron chi connectivity index (χ0n) is 18.8. The topological polar surface area (TPSA) is 77.7 Å². The number of aryl methyl sites for hydroxylation is 1. The zero-order chi connectivity index (χ0) is 22.6. The lowest BCUT2D eigenvalue weighted by molar-refractivity contribution is 0.113. The Morgan fingerprint density at radius 1 is 1.06 bits per heavy atom. The van der Waals surface area contributed by atoms with Gasteiger partial charge in [0.1, 0.15) is 5.75 Å². The third kappa shape index (κ3) is 5.50. The predicted octanol–water partition coefficient (Wildman–Crippen LogP) is 2.63. The number of piperazine rings is 1. The fraction of sp³-hybridized carbons (Fsp3) is 0.417. The number of aromatic nitrogens is 1. The fourth-order valence-electron chi connectivity index (χ4n) is 4.26. The van der Waals surface area contributed by atoms with Crippen LogP contribution in [-0.4, -0.2) is 75.8 Å². The van der Waals surface area contributed by atoms with Crippen molar-refractivity contribution in [2.75, 3.05) is 52.6 Å². The molecule has 7 nitrogen and oxygen atoms in total. The molecule has 2 aromatic carbocycles. The molecule has 1 atom stereocenters. The van der Waals surface area contributed by atoms with E-state index in [9.17, 15) is 8.42 Å². The summed E-state index contributed by atoms with van der Waals surface area (Å²) in [6.45, 7) is 4.13. The average molecular weight is 457 g/mol. The molecule has 1 aromatic heterocycles. The summed E-state index contributed by atoms with van der Waals surface area (Å²) >= 11 is 0. The average Bonchev–Trinajstić information content (AvgIpc) is 3.23. The number of ether oxygens (including phenoxy) is 1. The zero-order valence-corrected chi connectivity index (χ0v) is 19.6. The van der Waals surface area contributed by atoms with Gasteiger partial charge in [-0.25, -0.2) is 13.1 Å². The van der Waals surface area contributed by atoms with Crippen molar-refractivity contribution in [2.45, 2.75) is 12.5 Å². The molecule has 2 heterocycles. The van der Waals surface area contributed by atoms with E-state index in [2.05, 4.69) is 38.7 Å². The van der Waals surface area contributed by atoms with Gasteiger partial charge in [-0.3, -0.25) is 4.90 Å². The number of benzene rings is 2. The maximum absolute atomic E-state index is 12.8. The molecule has 172 valence electrons. The number of likely N-dealkylation sites (N-methyl/N-ethyl adjacent to an activating group) is 1. The van der Waals surface area contributed by atoms with Gasteiger partial charge >= 0.3 is 0 Å². The molecule has 2 N–H and O–H groups in total. The van der Waals surface area contributed by atoms with Gasteiger partial charge in [0.05, 0.1) is 18.9 Å². The lowest BCUT2D eigenvalue weighted by Crippen LogP contribution is -2.48. The van der Waals surface area contributed by atoms with Gasteiger partial charge < -0.3 is 14.6 Å². The molecule has 8 heteroatoms. The molecule has 0 radical (unpaired) electrons. The maximum atomic E-state index is 12.8. The van der Waals surface area contributed by atoms with Gasteiger partial charge in [0.25, 0.3) is 0 Å². The summed E-state index contributed by atoms with van der Waals surface area (Å²) in [5.74, 6) is 0.825. The summed E-state index contributed by atoms with van der Waals surface area (Å²) in [5.41, 5.74) is 3.19. The van der Waals surface area contributed by atoms with Crippen molar-refractivity contribution in [3.63, 3.8) is 0 Å². The molecule has 0 aliphatic carbocycles. The van der Waals surface area contributed by atoms with E-state index < -0.39 is 10.0 Å². The van der Waals surface area contributed by atoms with Crippen LogP contribution >= 0.6 is 0 Å². The number of rotatable bonds is 9. The lowest BCUT2D eigenvalue weighted by atomic mass is 10.0. The van der Waals surface area contributed by atoms with Crippen molar-refractivity contribution in [1.82, 2.24) is 19.5 Å². The highest BCUT2D eigenvalue weighted by molar-refractivity contribution is 7.89. The summed E-state index contributed by atoms with van der Waals surface area (Å²) in [4.78, 5) is 8.04. The molecule has 1 saturated heterocycles. The fourth-order valence-corrected chi connectivity index (χ4v) is 5.32. The molecular weight excluding hydrogens is 424 g/mol. The Bertz CT molecular complexity index is 1120. The Hall–Kier alpha value is -2.39. The van der Waals surface area contributed by atoms with Crippen molar-refractivity contribution >= 4 is 20.9 Å². The summed E-state index contributed by atoms with van der Waals surface area (Å²) in [6, 6.07) is 15.7. The van der Waals surface area contributed by atoms with E-state index in [0.29, 0.717) is 13.0 Å². The van der Waals surface area contributed by atoms with Crippen LogP contribution in [0.25, 0.3) is 10.9 Å². The van der Waals surface area contributed by atoms with E-state index >= 15 is 0 Å². The van der Waals surface area contributed by atoms with E-state index in [1.54, 1.807) is 7.11 Å². The monoisotopic (exact) mass is 456 g/mol. The number of nitrogens with one attached hydrogen (secondary N) is 2. The van der Waals surface area contributed by atoms with E-state index in [-0.39, 0.29) is 11.8 Å². The molecule has 0 unspecified atom stereocenters. The second kappa shape index (κ2) is 10.0. The van der Waals surface area contributed by atoms with Crippen LogP contribution < -0.4 is 9.46 Å². The van der Waals surface area contributed by atoms with Crippen LogP contribution in [0.2, 0.25) is 0 Å². The molecule has 1 aliphatic heterocycles. The third-order valence-corrected chi connectivity index (χ3v) is 7.62. The van der Waals surface area contributed by atoms with Gasteiger partial charge in [0, 0.05) is 49.8 Å². The first-order chi connectivity index (χ1) is 15.4. The number of aromatic amines is 1. The van der Waals surface area contributed by atoms with Gasteiger partial charge in [-0.2, -0.15) is 0 Å². The van der Waals surface area contributed by atoms with E-state index in [1.807, 2.05) is 42.6 Å². The summed E-state index contributed by atoms with van der Waals surface area (Å²) in [5, 5.41) is 1.15. The molecule has 3 aromatic rings. The summed E-state index contributed by atoms with van der Waals surface area (Å²) in [6.07, 6.45) is 2.49. The standard InChI is InChI=1S/C24H32N4O3S/c1-27-12-14-28(15-13-27)24(22-17-25-23-6-4-3-5-21(22)23)18-26-32(29,30)16-11-19-7-9-20(31-2)10-8-19/h3-10,17,24-26H,11-16,18H2,1-2H3/t24-/m0/s1. The number of sulfonamides is 1. The van der Waals surface area contributed by atoms with E-state index in [0.717, 1.165) is 54.0 Å². The summed E-state index contributed by atoms with van der Waals surface area (Å²) in [7, 11) is 0.331. The Balaban J connectivity index is 1.46. The highest BCUT2D eigenvalue weighted by Gasteiger charge is 2.27. The first-order valence-electron chi connectivity index (χ1n) is 11.0. The van der Waals surface area contributed by atoms with Crippen molar-refractivity contribution < 1.29 is 13.2 Å². The second-order valence-corrected chi connectivity index (χ2v) is 10.3. The van der Waals surface area contributed by atoms with Crippen molar-refractivity contribution in [3.8, 4) is 5.75 Å². The van der Waals surface area contributed by atoms with E-state index in [1.165, 1.54) is 0 Å². The smallest absolute Gasteiger partial charge is 0.211 e. The third-order valence-electron chi connectivity index (χ3n) is 6.27. The van der Waals surface area contributed by atoms with Crippen LogP contribution in [0.5, 0.6) is 5.75 Å². The van der Waals surface area contributed by atoms with E-state index in [4.69, 9.17) is 4.74 Å². The number of para-hydroxylation sites is 1. The Labute approximate surface area is 190 Å². The molecule has 0 bridgehead atoms. The second-order valence-electron chi connectivity index (χ2n) is 8.41. The van der Waals surface area contributed by atoms with Crippen LogP contribution in [0.3, 0.4) is 0 Å². The predicted molar refractivity (Wildman–Crippen MR) is 129 cm³/mol. The van der Waals surface area contributed by atoms with Crippen molar-refractivity contribution in [3.05, 3.63) is 65.9 Å². The highest BCUT2D eigenvalue weighted by Crippen LogP contribution is 2.29. The van der Waals surface area contributed by atoms with Crippen molar-refractivity contribution in [2.24, 2.45) is 0 Å². The van der Waals surface area contributed by atoms with Gasteiger partial charge in [-0.15, -0.1) is 0 Å². The summed E-state index contributed by atoms with van der Waals surface area (Å²) < 4.78 is 33.7. The molecule has 4 rings (SSSR count). The number of nitrogens with zero attached hydrogens (tertiary/aromatic N) is 2. The minimum Gasteiger partial charge on any atom is -0.497 e. The minimum atomic E-state index is -3.41. The van der Waals surface area contributed by atoms with Gasteiger partial charge in [-0.1, -0.05) is 30.3 Å². The Kier molecular flexibility index (Phi) is 7.15. The SMILES string of the molecule is COc1ccc(CCS(=O)(=O)NC[C@@H](c2c[nH]c3ccccc23)N2CCN(C)CC2)cc1. The first-order valence-corrected chi connectivity index (χ1v) is 12.7. The van der Waals surface area contributed by atoms with Crippen LogP contribution in [0.15, 0.2) is 54.7 Å². The van der Waals surface area contributed by atoms with Crippen LogP contribution in [0.1, 0.15) is 17.2 Å². The Morgan fingerprint density at radius 2 is 1.78 bits per heavy atom. The quantitative estimate of drug-likeness (QED) is 0.518. The number of hydrogen-bond donors (Lipinski definition) is 2. The molecule has 32 heavy (non-hydrogen) atoms. The molecular formula is C24H32N4O3S. The van der Waals surface area contributed by atoms with Gasteiger partial charge in [0.15, 0.2) is 0 Å². The van der Waals surface area contributed by atoms with Crippen LogP contribution in [0, 0.1) is 0 Å². The van der Waals surface area contributed by atoms with Crippen molar-refractivity contribution in [1.29, 1.82) is 0 Å². The first kappa shape index (κ1) is 22.8. The van der Waals surface area contributed by atoms with Crippen LogP contribution in [0.4, 0.5) is 0 Å². The number of fused-ring (bicyclic) bond motifs is 1. The normalized spacial score (nSPS) is 16.9.